The Labute approximate surface area is 138 Å². The van der Waals surface area contributed by atoms with Crippen molar-refractivity contribution in [2.45, 2.75) is 63.5 Å². The molecule has 140 valence electrons. The van der Waals surface area contributed by atoms with Gasteiger partial charge in [0.1, 0.15) is 0 Å². The lowest BCUT2D eigenvalue weighted by atomic mass is 9.85. The van der Waals surface area contributed by atoms with Gasteiger partial charge in [-0.05, 0) is 25.8 Å². The Balaban J connectivity index is 2.41. The van der Waals surface area contributed by atoms with Crippen LogP contribution in [-0.2, 0) is 4.79 Å². The van der Waals surface area contributed by atoms with E-state index in [9.17, 15) is 27.9 Å². The number of amides is 2. The molecule has 1 aliphatic carbocycles. The predicted octanol–water partition coefficient (Wildman–Crippen LogP) is 0.925. The standard InChI is InChI=1S/C14H24F3N3O4/c1-3-10(12(23)14(15,16)17)19-13(24)18-8-5-9(6-8)20(4-2)7-11(21)22/h8-10,12,23H,3-7H2,1-2H3,(H,21,22)(H2,18,19,24). The van der Waals surface area contributed by atoms with Crippen molar-refractivity contribution in [3.05, 3.63) is 0 Å². The van der Waals surface area contributed by atoms with Gasteiger partial charge >= 0.3 is 18.2 Å². The van der Waals surface area contributed by atoms with E-state index < -0.39 is 30.3 Å². The number of carbonyl (C=O) groups is 2. The highest BCUT2D eigenvalue weighted by atomic mass is 19.4. The van der Waals surface area contributed by atoms with Crippen molar-refractivity contribution >= 4 is 12.0 Å². The van der Waals surface area contributed by atoms with E-state index in [1.807, 2.05) is 6.92 Å². The van der Waals surface area contributed by atoms with E-state index in [1.54, 1.807) is 4.90 Å². The fourth-order valence-electron chi connectivity index (χ4n) is 2.70. The molecule has 0 radical (unpaired) electrons. The van der Waals surface area contributed by atoms with Crippen molar-refractivity contribution < 1.29 is 33.0 Å². The summed E-state index contributed by atoms with van der Waals surface area (Å²) in [5.74, 6) is -0.932. The first-order chi connectivity index (χ1) is 11.1. The molecule has 0 aromatic carbocycles. The molecule has 0 heterocycles. The highest BCUT2D eigenvalue weighted by molar-refractivity contribution is 5.74. The number of alkyl halides is 3. The number of carboxylic acid groups (broad SMARTS) is 1. The van der Waals surface area contributed by atoms with Gasteiger partial charge in [0, 0.05) is 12.1 Å². The minimum Gasteiger partial charge on any atom is -0.480 e. The fraction of sp³-hybridized carbons (Fsp3) is 0.857. The highest BCUT2D eigenvalue weighted by Crippen LogP contribution is 2.26. The van der Waals surface area contributed by atoms with Crippen LogP contribution < -0.4 is 10.6 Å². The molecule has 0 saturated heterocycles. The molecule has 2 unspecified atom stereocenters. The zero-order chi connectivity index (χ0) is 18.5. The summed E-state index contributed by atoms with van der Waals surface area (Å²) in [6.45, 7) is 3.74. The predicted molar refractivity (Wildman–Crippen MR) is 79.5 cm³/mol. The Bertz CT molecular complexity index is 441. The van der Waals surface area contributed by atoms with Gasteiger partial charge in [-0.2, -0.15) is 13.2 Å². The second-order valence-electron chi connectivity index (χ2n) is 5.90. The number of carboxylic acids is 1. The van der Waals surface area contributed by atoms with E-state index in [0.29, 0.717) is 19.4 Å². The normalized spacial score (nSPS) is 23.3. The largest absolute Gasteiger partial charge is 0.480 e. The number of carbonyl (C=O) groups excluding carboxylic acids is 1. The second-order valence-corrected chi connectivity index (χ2v) is 5.90. The summed E-state index contributed by atoms with van der Waals surface area (Å²) < 4.78 is 37.5. The van der Waals surface area contributed by atoms with Gasteiger partial charge < -0.3 is 20.8 Å². The van der Waals surface area contributed by atoms with Crippen molar-refractivity contribution in [2.75, 3.05) is 13.1 Å². The van der Waals surface area contributed by atoms with Crippen LogP contribution in [0.1, 0.15) is 33.1 Å². The molecule has 1 fully saturated rings. The number of aliphatic hydroxyl groups is 1. The average Bonchev–Trinajstić information content (AvgIpc) is 2.44. The van der Waals surface area contributed by atoms with Crippen LogP contribution in [0, 0.1) is 0 Å². The SMILES string of the molecule is CCC(NC(=O)NC1CC(N(CC)CC(=O)O)C1)C(O)C(F)(F)F. The number of halogens is 3. The summed E-state index contributed by atoms with van der Waals surface area (Å²) in [7, 11) is 0. The Morgan fingerprint density at radius 3 is 2.29 bits per heavy atom. The second kappa shape index (κ2) is 8.52. The number of hydrogen-bond acceptors (Lipinski definition) is 4. The maximum absolute atomic E-state index is 12.5. The summed E-state index contributed by atoms with van der Waals surface area (Å²) in [5.41, 5.74) is 0. The number of likely N-dealkylation sites (N-methyl/N-ethyl adjacent to an activating group) is 1. The van der Waals surface area contributed by atoms with E-state index in [4.69, 9.17) is 5.11 Å². The lowest BCUT2D eigenvalue weighted by Gasteiger charge is -2.42. The Kier molecular flexibility index (Phi) is 7.27. The van der Waals surface area contributed by atoms with Crippen LogP contribution in [0.4, 0.5) is 18.0 Å². The third-order valence-corrected chi connectivity index (χ3v) is 4.18. The first kappa shape index (κ1) is 20.5. The van der Waals surface area contributed by atoms with Crippen LogP contribution in [0.3, 0.4) is 0 Å². The molecule has 0 bridgehead atoms. The summed E-state index contributed by atoms with van der Waals surface area (Å²) >= 11 is 0. The van der Waals surface area contributed by atoms with Crippen LogP contribution >= 0.6 is 0 Å². The Morgan fingerprint density at radius 2 is 1.88 bits per heavy atom. The van der Waals surface area contributed by atoms with E-state index in [1.165, 1.54) is 6.92 Å². The van der Waals surface area contributed by atoms with Crippen LogP contribution in [0.15, 0.2) is 0 Å². The van der Waals surface area contributed by atoms with Crippen LogP contribution in [0.2, 0.25) is 0 Å². The number of urea groups is 1. The number of nitrogens with one attached hydrogen (secondary N) is 2. The van der Waals surface area contributed by atoms with Gasteiger partial charge in [-0.15, -0.1) is 0 Å². The molecule has 10 heteroatoms. The molecule has 2 amide bonds. The molecule has 7 nitrogen and oxygen atoms in total. The van der Waals surface area contributed by atoms with Crippen molar-refractivity contribution in [1.82, 2.24) is 15.5 Å². The number of rotatable bonds is 8. The summed E-state index contributed by atoms with van der Waals surface area (Å²) in [6.07, 6.45) is -6.41. The molecular weight excluding hydrogens is 331 g/mol. The van der Waals surface area contributed by atoms with Gasteiger partial charge in [0.2, 0.25) is 0 Å². The van der Waals surface area contributed by atoms with Crippen LogP contribution in [0.25, 0.3) is 0 Å². The zero-order valence-corrected chi connectivity index (χ0v) is 13.6. The molecule has 24 heavy (non-hydrogen) atoms. The van der Waals surface area contributed by atoms with Crippen LogP contribution in [0.5, 0.6) is 0 Å². The quantitative estimate of drug-likeness (QED) is 0.519. The van der Waals surface area contributed by atoms with Crippen molar-refractivity contribution in [3.8, 4) is 0 Å². The molecule has 1 saturated carbocycles. The summed E-state index contributed by atoms with van der Waals surface area (Å²) in [4.78, 5) is 24.3. The number of hydrogen-bond donors (Lipinski definition) is 4. The van der Waals surface area contributed by atoms with Gasteiger partial charge in [0.05, 0.1) is 12.6 Å². The summed E-state index contributed by atoms with van der Waals surface area (Å²) in [6, 6.07) is -2.38. The molecule has 2 atom stereocenters. The monoisotopic (exact) mass is 355 g/mol. The van der Waals surface area contributed by atoms with E-state index in [0.717, 1.165) is 0 Å². The molecule has 4 N–H and O–H groups in total. The van der Waals surface area contributed by atoms with Crippen LogP contribution in [-0.4, -0.2) is 70.6 Å². The maximum atomic E-state index is 12.5. The molecular formula is C14H24F3N3O4. The lowest BCUT2D eigenvalue weighted by Crippen LogP contribution is -2.58. The molecule has 0 spiro atoms. The minimum atomic E-state index is -4.80. The average molecular weight is 355 g/mol. The van der Waals surface area contributed by atoms with Gasteiger partial charge in [-0.1, -0.05) is 13.8 Å². The molecule has 1 aliphatic rings. The summed E-state index contributed by atoms with van der Waals surface area (Å²) in [5, 5.41) is 22.7. The minimum absolute atomic E-state index is 0.0270. The number of aliphatic hydroxyl groups excluding tert-OH is 1. The third kappa shape index (κ3) is 5.82. The third-order valence-electron chi connectivity index (χ3n) is 4.18. The number of aliphatic carboxylic acids is 1. The lowest BCUT2D eigenvalue weighted by molar-refractivity contribution is -0.211. The molecule has 0 aliphatic heterocycles. The van der Waals surface area contributed by atoms with E-state index in [-0.39, 0.29) is 25.0 Å². The molecule has 1 rings (SSSR count). The van der Waals surface area contributed by atoms with E-state index >= 15 is 0 Å². The van der Waals surface area contributed by atoms with Crippen molar-refractivity contribution in [3.63, 3.8) is 0 Å². The fourth-order valence-corrected chi connectivity index (χ4v) is 2.70. The topological polar surface area (TPSA) is 102 Å². The smallest absolute Gasteiger partial charge is 0.416 e. The zero-order valence-electron chi connectivity index (χ0n) is 13.6. The van der Waals surface area contributed by atoms with Crippen molar-refractivity contribution in [1.29, 1.82) is 0 Å². The first-order valence-corrected chi connectivity index (χ1v) is 7.86. The molecule has 0 aromatic heterocycles. The molecule has 0 aromatic rings. The highest BCUT2D eigenvalue weighted by Gasteiger charge is 2.43. The van der Waals surface area contributed by atoms with Gasteiger partial charge in [-0.25, -0.2) is 4.79 Å². The van der Waals surface area contributed by atoms with Gasteiger partial charge in [-0.3, -0.25) is 9.69 Å². The van der Waals surface area contributed by atoms with Gasteiger partial charge in [0.25, 0.3) is 0 Å². The maximum Gasteiger partial charge on any atom is 0.416 e. The Morgan fingerprint density at radius 1 is 1.29 bits per heavy atom. The first-order valence-electron chi connectivity index (χ1n) is 7.86. The van der Waals surface area contributed by atoms with Crippen molar-refractivity contribution in [2.24, 2.45) is 0 Å². The van der Waals surface area contributed by atoms with E-state index in [2.05, 4.69) is 10.6 Å². The number of nitrogens with zero attached hydrogens (tertiary/aromatic N) is 1. The Hall–Kier alpha value is -1.55. The van der Waals surface area contributed by atoms with Gasteiger partial charge in [0.15, 0.2) is 6.10 Å².